The topological polar surface area (TPSA) is 88.6 Å². The lowest BCUT2D eigenvalue weighted by Crippen LogP contribution is -2.38. The molecule has 1 aromatic heterocycles. The van der Waals surface area contributed by atoms with Gasteiger partial charge in [-0.15, -0.1) is 0 Å². The Labute approximate surface area is 165 Å². The maximum Gasteiger partial charge on any atom is 0.255 e. The first-order chi connectivity index (χ1) is 13.4. The molecule has 0 saturated carbocycles. The van der Waals surface area contributed by atoms with Crippen molar-refractivity contribution < 1.29 is 17.9 Å². The molecule has 7 nitrogen and oxygen atoms in total. The monoisotopic (exact) mass is 403 g/mol. The first-order valence-electron chi connectivity index (χ1n) is 9.27. The molecular formula is C20H25N3O4S. The number of hydrogen-bond donors (Lipinski definition) is 1. The minimum Gasteiger partial charge on any atom is -0.496 e. The molecule has 2 aromatic rings. The normalized spacial score (nSPS) is 15.9. The number of rotatable bonds is 6. The summed E-state index contributed by atoms with van der Waals surface area (Å²) in [6, 6.07) is 8.05. The summed E-state index contributed by atoms with van der Waals surface area (Å²) in [5, 5.41) is 2.79. The van der Waals surface area contributed by atoms with Gasteiger partial charge in [-0.3, -0.25) is 9.78 Å². The summed E-state index contributed by atoms with van der Waals surface area (Å²) in [4.78, 5) is 16.8. The maximum absolute atomic E-state index is 13.0. The lowest BCUT2D eigenvalue weighted by atomic mass is 10.0. The standard InChI is InChI=1S/C20H25N3O4S/c1-15-7-10-23(11-8-15)28(25,26)17-5-6-19(27-2)18(12-17)20(24)22-14-16-4-3-9-21-13-16/h3-6,9,12-13,15H,7-8,10-11,14H2,1-2H3,(H,22,24). The van der Waals surface area contributed by atoms with E-state index in [-0.39, 0.29) is 17.0 Å². The predicted octanol–water partition coefficient (Wildman–Crippen LogP) is 2.44. The van der Waals surface area contributed by atoms with Crippen molar-refractivity contribution in [3.8, 4) is 5.75 Å². The average Bonchev–Trinajstić information content (AvgIpc) is 2.72. The molecule has 28 heavy (non-hydrogen) atoms. The fourth-order valence-electron chi connectivity index (χ4n) is 3.18. The molecular weight excluding hydrogens is 378 g/mol. The average molecular weight is 404 g/mol. The Morgan fingerprint density at radius 1 is 1.29 bits per heavy atom. The number of aromatic nitrogens is 1. The molecule has 1 fully saturated rings. The van der Waals surface area contributed by atoms with Crippen LogP contribution in [0.1, 0.15) is 35.7 Å². The highest BCUT2D eigenvalue weighted by Crippen LogP contribution is 2.27. The predicted molar refractivity (Wildman–Crippen MR) is 106 cm³/mol. The number of benzene rings is 1. The van der Waals surface area contributed by atoms with E-state index < -0.39 is 15.9 Å². The number of nitrogens with zero attached hydrogens (tertiary/aromatic N) is 2. The van der Waals surface area contributed by atoms with Gasteiger partial charge < -0.3 is 10.1 Å². The van der Waals surface area contributed by atoms with Crippen molar-refractivity contribution >= 4 is 15.9 Å². The van der Waals surface area contributed by atoms with E-state index in [1.807, 2.05) is 6.07 Å². The zero-order valence-electron chi connectivity index (χ0n) is 16.1. The number of carbonyl (C=O) groups is 1. The second-order valence-corrected chi connectivity index (χ2v) is 8.93. The number of sulfonamides is 1. The molecule has 0 aliphatic carbocycles. The molecule has 1 saturated heterocycles. The molecule has 0 unspecified atom stereocenters. The molecule has 1 amide bonds. The van der Waals surface area contributed by atoms with Crippen LogP contribution in [0.3, 0.4) is 0 Å². The van der Waals surface area contributed by atoms with E-state index in [9.17, 15) is 13.2 Å². The lowest BCUT2D eigenvalue weighted by molar-refractivity contribution is 0.0947. The number of methoxy groups -OCH3 is 1. The van der Waals surface area contributed by atoms with E-state index in [4.69, 9.17) is 4.74 Å². The molecule has 8 heteroatoms. The molecule has 1 N–H and O–H groups in total. The first kappa shape index (κ1) is 20.3. The molecule has 0 bridgehead atoms. The molecule has 1 aliphatic rings. The fraction of sp³-hybridized carbons (Fsp3) is 0.400. The summed E-state index contributed by atoms with van der Waals surface area (Å²) in [7, 11) is -2.19. The number of hydrogen-bond acceptors (Lipinski definition) is 5. The van der Waals surface area contributed by atoms with Crippen LogP contribution in [0.4, 0.5) is 0 Å². The van der Waals surface area contributed by atoms with Gasteiger partial charge in [0.1, 0.15) is 5.75 Å². The highest BCUT2D eigenvalue weighted by molar-refractivity contribution is 7.89. The van der Waals surface area contributed by atoms with Gasteiger partial charge in [0, 0.05) is 32.0 Å². The molecule has 2 heterocycles. The van der Waals surface area contributed by atoms with Crippen LogP contribution in [0.2, 0.25) is 0 Å². The summed E-state index contributed by atoms with van der Waals surface area (Å²) in [5.41, 5.74) is 1.04. The summed E-state index contributed by atoms with van der Waals surface area (Å²) in [5.74, 6) is 0.455. The van der Waals surface area contributed by atoms with Crippen LogP contribution >= 0.6 is 0 Å². The third kappa shape index (κ3) is 4.51. The van der Waals surface area contributed by atoms with Gasteiger partial charge >= 0.3 is 0 Å². The fourth-order valence-corrected chi connectivity index (χ4v) is 4.68. The van der Waals surface area contributed by atoms with Crippen LogP contribution in [0.15, 0.2) is 47.6 Å². The number of amides is 1. The number of piperidine rings is 1. The maximum atomic E-state index is 13.0. The first-order valence-corrected chi connectivity index (χ1v) is 10.7. The number of ether oxygens (including phenoxy) is 1. The molecule has 0 radical (unpaired) electrons. The van der Waals surface area contributed by atoms with Gasteiger partial charge in [-0.2, -0.15) is 4.31 Å². The summed E-state index contributed by atoms with van der Waals surface area (Å²) in [6.45, 7) is 3.41. The Balaban J connectivity index is 1.82. The zero-order valence-corrected chi connectivity index (χ0v) is 16.9. The molecule has 0 spiro atoms. The molecule has 1 aliphatic heterocycles. The van der Waals surface area contributed by atoms with Crippen LogP contribution in [-0.2, 0) is 16.6 Å². The van der Waals surface area contributed by atoms with E-state index >= 15 is 0 Å². The van der Waals surface area contributed by atoms with Crippen LogP contribution in [-0.4, -0.2) is 43.8 Å². The van der Waals surface area contributed by atoms with Gasteiger partial charge in [-0.1, -0.05) is 13.0 Å². The SMILES string of the molecule is COc1ccc(S(=O)(=O)N2CCC(C)CC2)cc1C(=O)NCc1cccnc1. The zero-order chi connectivity index (χ0) is 20.1. The highest BCUT2D eigenvalue weighted by Gasteiger charge is 2.29. The summed E-state index contributed by atoms with van der Waals surface area (Å²) >= 11 is 0. The van der Waals surface area contributed by atoms with E-state index in [0.717, 1.165) is 18.4 Å². The number of pyridine rings is 1. The minimum absolute atomic E-state index is 0.106. The summed E-state index contributed by atoms with van der Waals surface area (Å²) < 4.78 is 32.7. The Hall–Kier alpha value is -2.45. The van der Waals surface area contributed by atoms with Crippen molar-refractivity contribution in [2.45, 2.75) is 31.2 Å². The summed E-state index contributed by atoms with van der Waals surface area (Å²) in [6.07, 6.45) is 5.00. The van der Waals surface area contributed by atoms with Crippen LogP contribution in [0.25, 0.3) is 0 Å². The van der Waals surface area contributed by atoms with Gasteiger partial charge in [0.15, 0.2) is 0 Å². The van der Waals surface area contributed by atoms with Crippen molar-refractivity contribution in [1.29, 1.82) is 0 Å². The third-order valence-electron chi connectivity index (χ3n) is 4.97. The largest absolute Gasteiger partial charge is 0.496 e. The number of nitrogens with one attached hydrogen (secondary N) is 1. The van der Waals surface area contributed by atoms with Gasteiger partial charge in [-0.25, -0.2) is 8.42 Å². The lowest BCUT2D eigenvalue weighted by Gasteiger charge is -2.29. The number of carbonyl (C=O) groups excluding carboxylic acids is 1. The van der Waals surface area contributed by atoms with Crippen molar-refractivity contribution in [2.75, 3.05) is 20.2 Å². The van der Waals surface area contributed by atoms with Crippen molar-refractivity contribution in [3.63, 3.8) is 0 Å². The third-order valence-corrected chi connectivity index (χ3v) is 6.87. The van der Waals surface area contributed by atoms with Gasteiger partial charge in [0.05, 0.1) is 17.6 Å². The van der Waals surface area contributed by atoms with Crippen LogP contribution in [0.5, 0.6) is 5.75 Å². The van der Waals surface area contributed by atoms with Crippen molar-refractivity contribution in [3.05, 3.63) is 53.9 Å². The molecule has 3 rings (SSSR count). The quantitative estimate of drug-likeness (QED) is 0.800. The van der Waals surface area contributed by atoms with Gasteiger partial charge in [0.2, 0.25) is 10.0 Å². The Kier molecular flexibility index (Phi) is 6.31. The van der Waals surface area contributed by atoms with Crippen LogP contribution in [0, 0.1) is 5.92 Å². The van der Waals surface area contributed by atoms with Crippen molar-refractivity contribution in [1.82, 2.24) is 14.6 Å². The Bertz CT molecular complexity index is 924. The van der Waals surface area contributed by atoms with Gasteiger partial charge in [-0.05, 0) is 48.6 Å². The van der Waals surface area contributed by atoms with E-state index in [1.165, 1.54) is 29.6 Å². The molecule has 0 atom stereocenters. The van der Waals surface area contributed by atoms with Crippen LogP contribution < -0.4 is 10.1 Å². The molecule has 1 aromatic carbocycles. The Morgan fingerprint density at radius 3 is 2.68 bits per heavy atom. The molecule has 150 valence electrons. The Morgan fingerprint density at radius 2 is 2.04 bits per heavy atom. The second-order valence-electron chi connectivity index (χ2n) is 6.99. The minimum atomic E-state index is -3.65. The van der Waals surface area contributed by atoms with E-state index in [1.54, 1.807) is 18.5 Å². The van der Waals surface area contributed by atoms with Gasteiger partial charge in [0.25, 0.3) is 5.91 Å². The van der Waals surface area contributed by atoms with E-state index in [0.29, 0.717) is 24.8 Å². The van der Waals surface area contributed by atoms with E-state index in [2.05, 4.69) is 17.2 Å². The van der Waals surface area contributed by atoms with Crippen molar-refractivity contribution in [2.24, 2.45) is 5.92 Å². The second kappa shape index (κ2) is 8.70. The smallest absolute Gasteiger partial charge is 0.255 e. The highest BCUT2D eigenvalue weighted by atomic mass is 32.2.